The van der Waals surface area contributed by atoms with Gasteiger partial charge >= 0.3 is 0 Å². The van der Waals surface area contributed by atoms with E-state index in [1.807, 2.05) is 0 Å². The normalized spacial score (nSPS) is 17.3. The highest BCUT2D eigenvalue weighted by atomic mass is 19.1. The van der Waals surface area contributed by atoms with Gasteiger partial charge in [0.2, 0.25) is 5.88 Å². The molecule has 0 spiro atoms. The van der Waals surface area contributed by atoms with Crippen molar-refractivity contribution < 1.29 is 18.7 Å². The van der Waals surface area contributed by atoms with Gasteiger partial charge in [-0.05, 0) is 31.9 Å². The highest BCUT2D eigenvalue weighted by molar-refractivity contribution is 5.96. The molecule has 1 N–H and O–H groups in total. The molecule has 2 heterocycles. The summed E-state index contributed by atoms with van der Waals surface area (Å²) in [5.41, 5.74) is 1.09. The van der Waals surface area contributed by atoms with Crippen molar-refractivity contribution in [1.29, 1.82) is 0 Å². The van der Waals surface area contributed by atoms with Gasteiger partial charge in [0.1, 0.15) is 23.4 Å². The van der Waals surface area contributed by atoms with Crippen LogP contribution in [0.25, 0.3) is 0 Å². The fourth-order valence-electron chi connectivity index (χ4n) is 2.53. The van der Waals surface area contributed by atoms with E-state index >= 15 is 0 Å². The van der Waals surface area contributed by atoms with Gasteiger partial charge in [0.05, 0.1) is 5.69 Å². The molecule has 1 amide bonds. The zero-order valence-corrected chi connectivity index (χ0v) is 13.0. The Bertz CT molecular complexity index is 723. The molecule has 0 bridgehead atoms. The van der Waals surface area contributed by atoms with Crippen LogP contribution in [0, 0.1) is 12.7 Å². The first-order chi connectivity index (χ1) is 11.0. The maximum atomic E-state index is 13.3. The zero-order chi connectivity index (χ0) is 16.4. The summed E-state index contributed by atoms with van der Waals surface area (Å²) >= 11 is 0. The summed E-state index contributed by atoms with van der Waals surface area (Å²) < 4.78 is 25.9. The van der Waals surface area contributed by atoms with Crippen LogP contribution >= 0.6 is 0 Å². The van der Waals surface area contributed by atoms with Crippen molar-refractivity contribution in [1.82, 2.24) is 9.78 Å². The van der Waals surface area contributed by atoms with Crippen LogP contribution in [0.5, 0.6) is 11.6 Å². The number of aryl methyl sites for hydroxylation is 2. The molecule has 122 valence electrons. The Balaban J connectivity index is 1.84. The Hall–Kier alpha value is -2.41. The number of rotatable bonds is 4. The molecule has 0 unspecified atom stereocenters. The number of hydrogen-bond acceptors (Lipinski definition) is 4. The molecule has 23 heavy (non-hydrogen) atoms. The summed E-state index contributed by atoms with van der Waals surface area (Å²) in [6, 6.07) is 5.80. The highest BCUT2D eigenvalue weighted by Crippen LogP contribution is 2.32. The molecule has 1 aliphatic heterocycles. The molecule has 1 aromatic heterocycles. The van der Waals surface area contributed by atoms with E-state index in [1.165, 1.54) is 16.8 Å². The summed E-state index contributed by atoms with van der Waals surface area (Å²) in [5, 5.41) is 7.06. The monoisotopic (exact) mass is 319 g/mol. The van der Waals surface area contributed by atoms with Crippen molar-refractivity contribution in [3.63, 3.8) is 0 Å². The summed E-state index contributed by atoms with van der Waals surface area (Å²) in [7, 11) is 1.70. The molecule has 1 aliphatic rings. The van der Waals surface area contributed by atoms with Crippen LogP contribution in [0.1, 0.15) is 18.5 Å². The van der Waals surface area contributed by atoms with Crippen LogP contribution in [0.4, 0.5) is 10.1 Å². The van der Waals surface area contributed by atoms with E-state index in [0.29, 0.717) is 36.0 Å². The van der Waals surface area contributed by atoms with E-state index < -0.39 is 11.9 Å². The quantitative estimate of drug-likeness (QED) is 0.941. The topological polar surface area (TPSA) is 65.4 Å². The summed E-state index contributed by atoms with van der Waals surface area (Å²) in [5.74, 6) is 0.0640. The first kappa shape index (κ1) is 15.5. The molecule has 3 rings (SSSR count). The number of ether oxygens (including phenoxy) is 2. The van der Waals surface area contributed by atoms with Crippen LogP contribution in [0.2, 0.25) is 0 Å². The number of carbonyl (C=O) groups is 1. The van der Waals surface area contributed by atoms with Gasteiger partial charge in [0.15, 0.2) is 0 Å². The van der Waals surface area contributed by atoms with Crippen LogP contribution in [0.3, 0.4) is 0 Å². The van der Waals surface area contributed by atoms with E-state index in [1.54, 1.807) is 26.1 Å². The van der Waals surface area contributed by atoms with E-state index in [2.05, 4.69) is 10.4 Å². The van der Waals surface area contributed by atoms with Gasteiger partial charge in [0.25, 0.3) is 5.91 Å². The average molecular weight is 319 g/mol. The van der Waals surface area contributed by atoms with Gasteiger partial charge in [-0.2, -0.15) is 5.10 Å². The summed E-state index contributed by atoms with van der Waals surface area (Å²) in [6.07, 6.45) is 1.12. The summed E-state index contributed by atoms with van der Waals surface area (Å²) in [4.78, 5) is 12.2. The number of benzene rings is 1. The standard InChI is InChI=1S/C16H18FN3O3/c1-10-14(18-15(21)13-7-4-8-22-13)16(20(2)19-10)23-12-6-3-5-11(17)9-12/h3,5-6,9,13H,4,7-8H2,1-2H3,(H,18,21)/t13-/m1/s1. The Morgan fingerprint density at radius 2 is 2.35 bits per heavy atom. The minimum Gasteiger partial charge on any atom is -0.437 e. The Kier molecular flexibility index (Phi) is 4.29. The van der Waals surface area contributed by atoms with Crippen molar-refractivity contribution in [2.45, 2.75) is 25.9 Å². The molecular weight excluding hydrogens is 301 g/mol. The smallest absolute Gasteiger partial charge is 0.253 e. The van der Waals surface area contributed by atoms with Crippen LogP contribution in [-0.2, 0) is 16.6 Å². The maximum absolute atomic E-state index is 13.3. The first-order valence-electron chi connectivity index (χ1n) is 7.44. The van der Waals surface area contributed by atoms with E-state index in [4.69, 9.17) is 9.47 Å². The number of hydrogen-bond donors (Lipinski definition) is 1. The lowest BCUT2D eigenvalue weighted by Crippen LogP contribution is -2.27. The molecule has 0 saturated carbocycles. The minimum atomic E-state index is -0.448. The average Bonchev–Trinajstić information content (AvgIpc) is 3.12. The largest absolute Gasteiger partial charge is 0.437 e. The number of anilines is 1. The molecule has 7 heteroatoms. The van der Waals surface area contributed by atoms with Crippen LogP contribution < -0.4 is 10.1 Å². The highest BCUT2D eigenvalue weighted by Gasteiger charge is 2.26. The van der Waals surface area contributed by atoms with Gasteiger partial charge < -0.3 is 14.8 Å². The molecule has 6 nitrogen and oxygen atoms in total. The lowest BCUT2D eigenvalue weighted by atomic mass is 10.2. The first-order valence-corrected chi connectivity index (χ1v) is 7.44. The van der Waals surface area contributed by atoms with Crippen molar-refractivity contribution in [2.24, 2.45) is 7.05 Å². The SMILES string of the molecule is Cc1nn(C)c(Oc2cccc(F)c2)c1NC(=O)[C@H]1CCCO1. The van der Waals surface area contributed by atoms with Crippen LogP contribution in [-0.4, -0.2) is 28.4 Å². The van der Waals surface area contributed by atoms with E-state index in [-0.39, 0.29) is 5.91 Å². The van der Waals surface area contributed by atoms with Gasteiger partial charge in [-0.3, -0.25) is 4.79 Å². The third-order valence-electron chi connectivity index (χ3n) is 3.65. The fraction of sp³-hybridized carbons (Fsp3) is 0.375. The van der Waals surface area contributed by atoms with Crippen molar-refractivity contribution >= 4 is 11.6 Å². The number of halogens is 1. The van der Waals surface area contributed by atoms with Gasteiger partial charge in [0, 0.05) is 19.7 Å². The number of aromatic nitrogens is 2. The van der Waals surface area contributed by atoms with Gasteiger partial charge in [-0.15, -0.1) is 0 Å². The summed E-state index contributed by atoms with van der Waals surface area (Å²) in [6.45, 7) is 2.36. The van der Waals surface area contributed by atoms with Crippen molar-refractivity contribution in [2.75, 3.05) is 11.9 Å². The second-order valence-corrected chi connectivity index (χ2v) is 5.44. The third-order valence-corrected chi connectivity index (χ3v) is 3.65. The van der Waals surface area contributed by atoms with Crippen molar-refractivity contribution in [3.8, 4) is 11.6 Å². The van der Waals surface area contributed by atoms with Crippen LogP contribution in [0.15, 0.2) is 24.3 Å². The third kappa shape index (κ3) is 3.34. The van der Waals surface area contributed by atoms with E-state index in [9.17, 15) is 9.18 Å². The predicted octanol–water partition coefficient (Wildman–Crippen LogP) is 2.78. The minimum absolute atomic E-state index is 0.220. The van der Waals surface area contributed by atoms with Crippen molar-refractivity contribution in [3.05, 3.63) is 35.8 Å². The fourth-order valence-corrected chi connectivity index (χ4v) is 2.53. The predicted molar refractivity (Wildman–Crippen MR) is 82.0 cm³/mol. The van der Waals surface area contributed by atoms with Gasteiger partial charge in [-0.25, -0.2) is 9.07 Å². The Morgan fingerprint density at radius 1 is 1.52 bits per heavy atom. The number of amides is 1. The molecular formula is C16H18FN3O3. The molecule has 1 fully saturated rings. The molecule has 0 radical (unpaired) electrons. The number of nitrogens with zero attached hydrogens (tertiary/aromatic N) is 2. The number of carbonyl (C=O) groups excluding carboxylic acids is 1. The Labute approximate surface area is 133 Å². The van der Waals surface area contributed by atoms with Gasteiger partial charge in [-0.1, -0.05) is 6.07 Å². The molecule has 0 aliphatic carbocycles. The molecule has 1 saturated heterocycles. The second-order valence-electron chi connectivity index (χ2n) is 5.44. The lowest BCUT2D eigenvalue weighted by molar-refractivity contribution is -0.124. The molecule has 2 aromatic rings. The molecule has 1 aromatic carbocycles. The maximum Gasteiger partial charge on any atom is 0.253 e. The van der Waals surface area contributed by atoms with E-state index in [0.717, 1.165) is 6.42 Å². The Morgan fingerprint density at radius 3 is 3.04 bits per heavy atom. The zero-order valence-electron chi connectivity index (χ0n) is 13.0. The second kappa shape index (κ2) is 6.37. The number of nitrogens with one attached hydrogen (secondary N) is 1. The molecule has 1 atom stereocenters. The lowest BCUT2D eigenvalue weighted by Gasteiger charge is -2.12.